The lowest BCUT2D eigenvalue weighted by Gasteiger charge is -2.06. The Bertz CT molecular complexity index is 875. The molecule has 0 aliphatic heterocycles. The van der Waals surface area contributed by atoms with Crippen LogP contribution in [0.25, 0.3) is 22.3 Å². The fourth-order valence-corrected chi connectivity index (χ4v) is 3.94. The van der Waals surface area contributed by atoms with Crippen molar-refractivity contribution < 1.29 is 0 Å². The largest absolute Gasteiger partial charge is 0.113 e. The minimum absolute atomic E-state index is 0.847. The van der Waals surface area contributed by atoms with Crippen LogP contribution in [0, 0.1) is 0 Å². The summed E-state index contributed by atoms with van der Waals surface area (Å²) in [6.45, 7) is 0. The molecule has 0 heterocycles. The van der Waals surface area contributed by atoms with Gasteiger partial charge in [0.25, 0.3) is 0 Å². The van der Waals surface area contributed by atoms with Gasteiger partial charge in [0, 0.05) is 0 Å². The Hall–Kier alpha value is -2.21. The number of rotatable bonds is 0. The zero-order valence-electron chi connectivity index (χ0n) is 12.2. The van der Waals surface area contributed by atoms with E-state index in [4.69, 9.17) is 15.7 Å². The first-order chi connectivity index (χ1) is 10.7. The van der Waals surface area contributed by atoms with Crippen molar-refractivity contribution in [2.75, 3.05) is 0 Å². The van der Waals surface area contributed by atoms with Crippen LogP contribution in [0.2, 0.25) is 0 Å². The third-order valence-electron chi connectivity index (χ3n) is 4.93. The third-order valence-corrected chi connectivity index (χ3v) is 4.93. The van der Waals surface area contributed by atoms with E-state index in [0.717, 1.165) is 23.8 Å². The van der Waals surface area contributed by atoms with Gasteiger partial charge >= 0.3 is 0 Å². The highest BCUT2D eigenvalue weighted by Crippen LogP contribution is 2.44. The van der Waals surface area contributed by atoms with E-state index in [2.05, 4.69) is 36.4 Å². The fraction of sp³-hybridized carbons (Fsp3) is 0.100. The molecule has 0 bridgehead atoms. The zero-order chi connectivity index (χ0) is 14.8. The van der Waals surface area contributed by atoms with E-state index < -0.39 is 0 Å². The summed E-state index contributed by atoms with van der Waals surface area (Å²) in [6.07, 6.45) is 1.96. The number of hydrogen-bond donors (Lipinski definition) is 0. The summed E-state index contributed by atoms with van der Waals surface area (Å²) < 4.78 is 0. The van der Waals surface area contributed by atoms with Gasteiger partial charge in [-0.3, -0.25) is 0 Å². The van der Waals surface area contributed by atoms with Crippen LogP contribution < -0.4 is 10.9 Å². The van der Waals surface area contributed by atoms with E-state index in [1.54, 1.807) is 0 Å². The lowest BCUT2D eigenvalue weighted by atomic mass is 9.92. The van der Waals surface area contributed by atoms with Crippen molar-refractivity contribution >= 4 is 26.6 Å². The van der Waals surface area contributed by atoms with Gasteiger partial charge in [-0.2, -0.15) is 0 Å². The van der Waals surface area contributed by atoms with Gasteiger partial charge in [-0.15, -0.1) is 0 Å². The highest BCUT2D eigenvalue weighted by atomic mass is 14.3. The number of fused-ring (bicyclic) bond motifs is 6. The van der Waals surface area contributed by atoms with Gasteiger partial charge < -0.3 is 0 Å². The predicted molar refractivity (Wildman–Crippen MR) is 93.7 cm³/mol. The molecule has 0 fully saturated rings. The van der Waals surface area contributed by atoms with Crippen LogP contribution in [-0.2, 0) is 12.8 Å². The monoisotopic (exact) mass is 274 g/mol. The molecule has 0 nitrogen and oxygen atoms in total. The van der Waals surface area contributed by atoms with E-state index >= 15 is 0 Å². The molecular formula is C20H12B2. The molecule has 2 heteroatoms. The van der Waals surface area contributed by atoms with E-state index in [1.165, 1.54) is 44.5 Å². The molecule has 5 rings (SSSR count). The molecule has 0 atom stereocenters. The lowest BCUT2D eigenvalue weighted by molar-refractivity contribution is 1.24. The van der Waals surface area contributed by atoms with Gasteiger partial charge in [0.05, 0.1) is 0 Å². The summed E-state index contributed by atoms with van der Waals surface area (Å²) in [6, 6.07) is 17.2. The molecule has 98 valence electrons. The number of benzene rings is 3. The van der Waals surface area contributed by atoms with Gasteiger partial charge in [0.1, 0.15) is 15.7 Å². The Morgan fingerprint density at radius 3 is 1.36 bits per heavy atom. The van der Waals surface area contributed by atoms with Crippen molar-refractivity contribution in [3.63, 3.8) is 0 Å². The van der Waals surface area contributed by atoms with E-state index in [1.807, 2.05) is 12.1 Å². The summed E-state index contributed by atoms with van der Waals surface area (Å²) in [5, 5.41) is 0. The van der Waals surface area contributed by atoms with Crippen molar-refractivity contribution in [2.45, 2.75) is 12.8 Å². The quantitative estimate of drug-likeness (QED) is 0.380. The van der Waals surface area contributed by atoms with Crippen LogP contribution in [0.3, 0.4) is 0 Å². The molecule has 2 aliphatic rings. The second-order valence-corrected chi connectivity index (χ2v) is 6.35. The normalized spacial score (nSPS) is 13.5. The molecule has 0 N–H and O–H groups in total. The first-order valence-corrected chi connectivity index (χ1v) is 7.62. The highest BCUT2D eigenvalue weighted by molar-refractivity contribution is 6.32. The van der Waals surface area contributed by atoms with Gasteiger partial charge in [-0.05, 0) is 69.5 Å². The number of hydrogen-bond acceptors (Lipinski definition) is 0. The summed E-state index contributed by atoms with van der Waals surface area (Å²) in [5.74, 6) is 0. The molecule has 3 aromatic carbocycles. The molecule has 0 unspecified atom stereocenters. The standard InChI is InChI=1S/C20H12B2/c21-15-1-3-17-11(7-15)5-13-10-20-14(9-19(13)17)6-12-8-16(22)2-4-18(12)20/h1-4,7-10H,5-6H2. The van der Waals surface area contributed by atoms with Gasteiger partial charge in [0.15, 0.2) is 0 Å². The van der Waals surface area contributed by atoms with Crippen molar-refractivity contribution in [2.24, 2.45) is 0 Å². The maximum Gasteiger partial charge on any atom is 0.113 e. The minimum Gasteiger partial charge on any atom is -0.0963 e. The topological polar surface area (TPSA) is 0 Å². The average molecular weight is 274 g/mol. The van der Waals surface area contributed by atoms with Gasteiger partial charge in [-0.1, -0.05) is 47.3 Å². The minimum atomic E-state index is 0.847. The Morgan fingerprint density at radius 2 is 0.909 bits per heavy atom. The second-order valence-electron chi connectivity index (χ2n) is 6.35. The zero-order valence-corrected chi connectivity index (χ0v) is 12.2. The van der Waals surface area contributed by atoms with Crippen LogP contribution in [0.15, 0.2) is 48.5 Å². The molecule has 0 amide bonds. The lowest BCUT2D eigenvalue weighted by Crippen LogP contribution is -2.02. The summed E-state index contributed by atoms with van der Waals surface area (Å²) >= 11 is 0. The SMILES string of the molecule is [B]c1ccc2c(c1)Cc1cc3c(cc1-2)Cc1cc([B])ccc1-3. The second kappa shape index (κ2) is 4.16. The first kappa shape index (κ1) is 12.3. The van der Waals surface area contributed by atoms with E-state index in [9.17, 15) is 0 Å². The summed E-state index contributed by atoms with van der Waals surface area (Å²) in [7, 11) is 11.9. The Kier molecular flexibility index (Phi) is 2.34. The van der Waals surface area contributed by atoms with Gasteiger partial charge in [0.2, 0.25) is 0 Å². The molecule has 22 heavy (non-hydrogen) atoms. The molecule has 2 aliphatic carbocycles. The molecule has 3 aromatic rings. The molecule has 4 radical (unpaired) electrons. The maximum absolute atomic E-state index is 5.93. The van der Waals surface area contributed by atoms with Crippen molar-refractivity contribution in [3.8, 4) is 22.3 Å². The van der Waals surface area contributed by atoms with Crippen LogP contribution in [-0.4, -0.2) is 15.7 Å². The molecular weight excluding hydrogens is 262 g/mol. The Labute approximate surface area is 133 Å². The van der Waals surface area contributed by atoms with Crippen molar-refractivity contribution in [1.29, 1.82) is 0 Å². The summed E-state index contributed by atoms with van der Waals surface area (Å²) in [4.78, 5) is 0. The van der Waals surface area contributed by atoms with Crippen LogP contribution in [0.1, 0.15) is 22.3 Å². The highest BCUT2D eigenvalue weighted by Gasteiger charge is 2.25. The fourth-order valence-electron chi connectivity index (χ4n) is 3.94. The van der Waals surface area contributed by atoms with E-state index in [0.29, 0.717) is 0 Å². The smallest absolute Gasteiger partial charge is 0.0963 e. The maximum atomic E-state index is 5.93. The molecule has 0 spiro atoms. The van der Waals surface area contributed by atoms with Gasteiger partial charge in [-0.25, -0.2) is 0 Å². The predicted octanol–water partition coefficient (Wildman–Crippen LogP) is 2.42. The Balaban J connectivity index is 1.70. The van der Waals surface area contributed by atoms with E-state index in [-0.39, 0.29) is 0 Å². The third kappa shape index (κ3) is 1.61. The Morgan fingerprint density at radius 1 is 0.500 bits per heavy atom. The molecule has 0 saturated heterocycles. The summed E-state index contributed by atoms with van der Waals surface area (Å²) in [5.41, 5.74) is 12.6. The average Bonchev–Trinajstić information content (AvgIpc) is 3.00. The first-order valence-electron chi connectivity index (χ1n) is 7.62. The van der Waals surface area contributed by atoms with Crippen LogP contribution >= 0.6 is 0 Å². The molecule has 0 saturated carbocycles. The van der Waals surface area contributed by atoms with Crippen molar-refractivity contribution in [1.82, 2.24) is 0 Å². The molecule has 0 aromatic heterocycles. The van der Waals surface area contributed by atoms with Crippen LogP contribution in [0.5, 0.6) is 0 Å². The van der Waals surface area contributed by atoms with Crippen molar-refractivity contribution in [3.05, 3.63) is 70.8 Å². The van der Waals surface area contributed by atoms with Crippen LogP contribution in [0.4, 0.5) is 0 Å².